The van der Waals surface area contributed by atoms with Crippen molar-refractivity contribution in [1.82, 2.24) is 5.32 Å². The highest BCUT2D eigenvalue weighted by Gasteiger charge is 2.25. The monoisotopic (exact) mass is 331 g/mol. The van der Waals surface area contributed by atoms with Crippen LogP contribution in [0.25, 0.3) is 0 Å². The van der Waals surface area contributed by atoms with Crippen LogP contribution < -0.4 is 16.0 Å². The molecule has 2 aliphatic rings. The lowest BCUT2D eigenvalue weighted by Crippen LogP contribution is -2.41. The molecule has 0 unspecified atom stereocenters. The normalized spacial score (nSPS) is 20.3. The maximum Gasteiger partial charge on any atom is 0.248 e. The van der Waals surface area contributed by atoms with Gasteiger partial charge in [0.2, 0.25) is 5.91 Å². The molecule has 5 nitrogen and oxygen atoms in total. The van der Waals surface area contributed by atoms with Gasteiger partial charge >= 0.3 is 0 Å². The number of hydrogen-bond acceptors (Lipinski definition) is 4. The Hall–Kier alpha value is -1.59. The molecule has 0 saturated carbocycles. The zero-order chi connectivity index (χ0) is 17.1. The largest absolute Gasteiger partial charge is 0.375 e. The molecule has 24 heavy (non-hydrogen) atoms. The minimum atomic E-state index is -0.351. The van der Waals surface area contributed by atoms with Crippen LogP contribution in [0.3, 0.4) is 0 Å². The van der Waals surface area contributed by atoms with Crippen LogP contribution in [0.1, 0.15) is 47.2 Å². The first-order chi connectivity index (χ1) is 11.6. The molecule has 0 radical (unpaired) electrons. The van der Waals surface area contributed by atoms with Crippen molar-refractivity contribution in [3.8, 4) is 0 Å². The summed E-state index contributed by atoms with van der Waals surface area (Å²) in [5.74, 6) is -0.351. The molecule has 0 aromatic heterocycles. The van der Waals surface area contributed by atoms with E-state index >= 15 is 0 Å². The number of ether oxygens (including phenoxy) is 1. The van der Waals surface area contributed by atoms with Gasteiger partial charge in [-0.2, -0.15) is 0 Å². The first kappa shape index (κ1) is 17.2. The van der Waals surface area contributed by atoms with Gasteiger partial charge in [-0.05, 0) is 75.9 Å². The number of amides is 1. The van der Waals surface area contributed by atoms with Crippen molar-refractivity contribution in [3.63, 3.8) is 0 Å². The summed E-state index contributed by atoms with van der Waals surface area (Å²) in [5, 5.41) is 3.38. The molecule has 1 amide bonds. The molecule has 2 saturated heterocycles. The third-order valence-corrected chi connectivity index (χ3v) is 5.48. The SMILES string of the molecule is Cc1c(C(N)=O)ccc(N2CCC(OC3CCNCC3)CC2)c1C. The third-order valence-electron chi connectivity index (χ3n) is 5.48. The van der Waals surface area contributed by atoms with Crippen LogP contribution in [0.15, 0.2) is 12.1 Å². The molecule has 3 N–H and O–H groups in total. The van der Waals surface area contributed by atoms with E-state index in [-0.39, 0.29) is 5.91 Å². The summed E-state index contributed by atoms with van der Waals surface area (Å²) in [6, 6.07) is 3.90. The smallest absolute Gasteiger partial charge is 0.248 e. The van der Waals surface area contributed by atoms with E-state index in [4.69, 9.17) is 10.5 Å². The second-order valence-electron chi connectivity index (χ2n) is 7.02. The van der Waals surface area contributed by atoms with E-state index in [1.807, 2.05) is 19.1 Å². The number of piperidine rings is 2. The molecule has 132 valence electrons. The molecule has 2 aliphatic heterocycles. The van der Waals surface area contributed by atoms with E-state index in [1.165, 1.54) is 5.69 Å². The van der Waals surface area contributed by atoms with Crippen LogP contribution in [0.2, 0.25) is 0 Å². The lowest BCUT2D eigenvalue weighted by molar-refractivity contribution is -0.0363. The van der Waals surface area contributed by atoms with Crippen LogP contribution in [0.4, 0.5) is 5.69 Å². The molecule has 0 atom stereocenters. The standard InChI is InChI=1S/C19H29N3O2/c1-13-14(2)18(4-3-17(13)19(20)23)22-11-7-16(8-12-22)24-15-5-9-21-10-6-15/h3-4,15-16,21H,5-12H2,1-2H3,(H2,20,23). The average Bonchev–Trinajstić information content (AvgIpc) is 2.59. The number of carbonyl (C=O) groups is 1. The molecule has 3 rings (SSSR count). The number of primary amides is 1. The molecular formula is C19H29N3O2. The molecule has 2 heterocycles. The van der Waals surface area contributed by atoms with Crippen LogP contribution >= 0.6 is 0 Å². The number of rotatable bonds is 4. The average molecular weight is 331 g/mol. The summed E-state index contributed by atoms with van der Waals surface area (Å²) >= 11 is 0. The Morgan fingerprint density at radius 3 is 2.33 bits per heavy atom. The van der Waals surface area contributed by atoms with Gasteiger partial charge in [0.1, 0.15) is 0 Å². The van der Waals surface area contributed by atoms with Crippen LogP contribution in [-0.4, -0.2) is 44.3 Å². The fraction of sp³-hybridized carbons (Fsp3) is 0.632. The number of nitrogens with zero attached hydrogens (tertiary/aromatic N) is 1. The van der Waals surface area contributed by atoms with E-state index in [2.05, 4.69) is 17.1 Å². The Kier molecular flexibility index (Phi) is 5.41. The number of benzene rings is 1. The summed E-state index contributed by atoms with van der Waals surface area (Å²) in [5.41, 5.74) is 9.44. The van der Waals surface area contributed by atoms with Crippen molar-refractivity contribution in [1.29, 1.82) is 0 Å². The maximum absolute atomic E-state index is 11.5. The highest BCUT2D eigenvalue weighted by Crippen LogP contribution is 2.29. The summed E-state index contributed by atoms with van der Waals surface area (Å²) in [4.78, 5) is 13.9. The van der Waals surface area contributed by atoms with Gasteiger partial charge < -0.3 is 20.7 Å². The predicted molar refractivity (Wildman–Crippen MR) is 96.6 cm³/mol. The lowest BCUT2D eigenvalue weighted by atomic mass is 9.98. The Balaban J connectivity index is 1.60. The number of nitrogens with one attached hydrogen (secondary N) is 1. The zero-order valence-corrected chi connectivity index (χ0v) is 14.8. The Bertz CT molecular complexity index is 589. The van der Waals surface area contributed by atoms with E-state index in [0.29, 0.717) is 17.8 Å². The molecule has 1 aromatic rings. The van der Waals surface area contributed by atoms with E-state index in [9.17, 15) is 4.79 Å². The number of carbonyl (C=O) groups excluding carboxylic acids is 1. The molecule has 2 fully saturated rings. The van der Waals surface area contributed by atoms with Gasteiger partial charge in [-0.1, -0.05) is 0 Å². The van der Waals surface area contributed by atoms with Crippen molar-refractivity contribution in [2.24, 2.45) is 5.73 Å². The Morgan fingerprint density at radius 1 is 1.08 bits per heavy atom. The molecule has 1 aromatic carbocycles. The topological polar surface area (TPSA) is 67.6 Å². The van der Waals surface area contributed by atoms with Crippen molar-refractivity contribution < 1.29 is 9.53 Å². The van der Waals surface area contributed by atoms with Gasteiger partial charge in [0, 0.05) is 24.3 Å². The van der Waals surface area contributed by atoms with Gasteiger partial charge in [-0.3, -0.25) is 4.79 Å². The lowest BCUT2D eigenvalue weighted by Gasteiger charge is -2.37. The Labute approximate surface area is 144 Å². The van der Waals surface area contributed by atoms with E-state index in [0.717, 1.165) is 63.0 Å². The predicted octanol–water partition coefficient (Wildman–Crippen LogP) is 2.14. The summed E-state index contributed by atoms with van der Waals surface area (Å²) in [6.07, 6.45) is 5.22. The first-order valence-electron chi connectivity index (χ1n) is 9.07. The Morgan fingerprint density at radius 2 is 1.71 bits per heavy atom. The van der Waals surface area contributed by atoms with Crippen LogP contribution in [-0.2, 0) is 4.74 Å². The minimum absolute atomic E-state index is 0.351. The highest BCUT2D eigenvalue weighted by molar-refractivity contribution is 5.95. The summed E-state index contributed by atoms with van der Waals surface area (Å²) < 4.78 is 6.29. The van der Waals surface area contributed by atoms with Gasteiger partial charge in [0.15, 0.2) is 0 Å². The highest BCUT2D eigenvalue weighted by atomic mass is 16.5. The van der Waals surface area contributed by atoms with Crippen molar-refractivity contribution in [3.05, 3.63) is 28.8 Å². The first-order valence-corrected chi connectivity index (χ1v) is 9.07. The van der Waals surface area contributed by atoms with E-state index in [1.54, 1.807) is 0 Å². The number of nitrogens with two attached hydrogens (primary N) is 1. The molecule has 0 aliphatic carbocycles. The van der Waals surface area contributed by atoms with Gasteiger partial charge in [0.25, 0.3) is 0 Å². The molecule has 5 heteroatoms. The van der Waals surface area contributed by atoms with Gasteiger partial charge in [-0.25, -0.2) is 0 Å². The van der Waals surface area contributed by atoms with Crippen LogP contribution in [0.5, 0.6) is 0 Å². The van der Waals surface area contributed by atoms with E-state index < -0.39 is 0 Å². The number of hydrogen-bond donors (Lipinski definition) is 2. The number of anilines is 1. The fourth-order valence-corrected chi connectivity index (χ4v) is 3.85. The van der Waals surface area contributed by atoms with Crippen molar-refractivity contribution in [2.45, 2.75) is 51.7 Å². The molecular weight excluding hydrogens is 302 g/mol. The molecule has 0 spiro atoms. The minimum Gasteiger partial charge on any atom is -0.375 e. The van der Waals surface area contributed by atoms with Crippen LogP contribution in [0, 0.1) is 13.8 Å². The van der Waals surface area contributed by atoms with Crippen molar-refractivity contribution in [2.75, 3.05) is 31.1 Å². The quantitative estimate of drug-likeness (QED) is 0.887. The second kappa shape index (κ2) is 7.53. The fourth-order valence-electron chi connectivity index (χ4n) is 3.85. The second-order valence-corrected chi connectivity index (χ2v) is 7.02. The summed E-state index contributed by atoms with van der Waals surface area (Å²) in [6.45, 7) is 8.22. The zero-order valence-electron chi connectivity index (χ0n) is 14.8. The third kappa shape index (κ3) is 3.73. The molecule has 0 bridgehead atoms. The summed E-state index contributed by atoms with van der Waals surface area (Å²) in [7, 11) is 0. The van der Waals surface area contributed by atoms with Gasteiger partial charge in [-0.15, -0.1) is 0 Å². The maximum atomic E-state index is 11.5. The van der Waals surface area contributed by atoms with Crippen molar-refractivity contribution >= 4 is 11.6 Å². The van der Waals surface area contributed by atoms with Gasteiger partial charge in [0.05, 0.1) is 12.2 Å².